The molecule has 0 spiro atoms. The molecule has 0 aromatic carbocycles. The Hall–Kier alpha value is -2.58. The van der Waals surface area contributed by atoms with Crippen molar-refractivity contribution in [2.45, 2.75) is 65.7 Å². The summed E-state index contributed by atoms with van der Waals surface area (Å²) >= 11 is 0. The van der Waals surface area contributed by atoms with Crippen LogP contribution in [0.15, 0.2) is 0 Å². The average Bonchev–Trinajstić information content (AvgIpc) is 2.43. The van der Waals surface area contributed by atoms with Gasteiger partial charge in [0.15, 0.2) is 0 Å². The first-order valence-corrected chi connectivity index (χ1v) is 8.45. The smallest absolute Gasteiger partial charge is 0.310 e. The predicted molar refractivity (Wildman–Crippen MR) is 92.1 cm³/mol. The van der Waals surface area contributed by atoms with Crippen LogP contribution in [0.5, 0.6) is 0 Å². The van der Waals surface area contributed by atoms with Crippen LogP contribution in [0.2, 0.25) is 0 Å². The van der Waals surface area contributed by atoms with Crippen molar-refractivity contribution in [1.82, 2.24) is 0 Å². The maximum atomic E-state index is 12.2. The van der Waals surface area contributed by atoms with Crippen LogP contribution in [-0.4, -0.2) is 50.6 Å². The number of carbonyl (C=O) groups is 6. The summed E-state index contributed by atoms with van der Waals surface area (Å²) in [7, 11) is 0. The largest absolute Gasteiger partial charge is 0.481 e. The van der Waals surface area contributed by atoms with Crippen LogP contribution < -0.4 is 0 Å². The molecule has 27 heavy (non-hydrogen) atoms. The number of hydrogen-bond acceptors (Lipinski definition) is 6. The van der Waals surface area contributed by atoms with Gasteiger partial charge in [0.2, 0.25) is 0 Å². The van der Waals surface area contributed by atoms with Crippen LogP contribution in [0.25, 0.3) is 0 Å². The van der Waals surface area contributed by atoms with Crippen molar-refractivity contribution < 1.29 is 44.1 Å². The number of Topliss-reactive ketones (excluding diaryl/α,β-unsaturated/α-hetero) is 3. The Bertz CT molecular complexity index is 557. The number of carboxylic acid groups (broad SMARTS) is 3. The van der Waals surface area contributed by atoms with E-state index in [0.29, 0.717) is 6.42 Å². The summed E-state index contributed by atoms with van der Waals surface area (Å²) in [6.45, 7) is 5.12. The molecule has 0 aliphatic rings. The number of carbonyl (C=O) groups excluding carboxylic acids is 3. The lowest BCUT2D eigenvalue weighted by Crippen LogP contribution is -2.43. The maximum absolute atomic E-state index is 12.2. The highest BCUT2D eigenvalue weighted by Crippen LogP contribution is 2.50. The minimum absolute atomic E-state index is 0.397. The average molecular weight is 386 g/mol. The number of rotatable bonds is 14. The van der Waals surface area contributed by atoms with E-state index in [1.165, 1.54) is 0 Å². The van der Waals surface area contributed by atoms with E-state index < -0.39 is 84.6 Å². The molecule has 0 aliphatic carbocycles. The lowest BCUT2D eigenvalue weighted by Gasteiger charge is -2.46. The van der Waals surface area contributed by atoms with Crippen molar-refractivity contribution in [1.29, 1.82) is 0 Å². The van der Waals surface area contributed by atoms with E-state index in [0.717, 1.165) is 0 Å². The molecule has 0 saturated heterocycles. The van der Waals surface area contributed by atoms with Crippen LogP contribution in [0, 0.1) is 10.8 Å². The molecule has 0 bridgehead atoms. The molecule has 0 aromatic heterocycles. The molecule has 0 heterocycles. The molecule has 3 N–H and O–H groups in total. The first-order valence-electron chi connectivity index (χ1n) is 8.45. The normalized spacial score (nSPS) is 11.7. The lowest BCUT2D eigenvalue weighted by molar-refractivity contribution is -0.142. The topological polar surface area (TPSA) is 163 Å². The highest BCUT2D eigenvalue weighted by Gasteiger charge is 2.48. The predicted octanol–water partition coefficient (Wildman–Crippen LogP) is 1.71. The number of ketones is 3. The molecule has 0 radical (unpaired) electrons. The molecule has 9 nitrogen and oxygen atoms in total. The molecule has 0 rings (SSSR count). The third-order valence-electron chi connectivity index (χ3n) is 4.97. The minimum Gasteiger partial charge on any atom is -0.481 e. The summed E-state index contributed by atoms with van der Waals surface area (Å²) in [4.78, 5) is 69.1. The number of carboxylic acids is 3. The maximum Gasteiger partial charge on any atom is 0.310 e. The monoisotopic (exact) mass is 386 g/mol. The zero-order chi connectivity index (χ0) is 21.4. The molecule has 0 fully saturated rings. The highest BCUT2D eigenvalue weighted by molar-refractivity contribution is 5.99. The van der Waals surface area contributed by atoms with Gasteiger partial charge in [-0.1, -0.05) is 27.2 Å². The van der Waals surface area contributed by atoms with E-state index in [4.69, 9.17) is 15.3 Å². The van der Waals surface area contributed by atoms with Gasteiger partial charge in [0, 0.05) is 19.3 Å². The molecule has 0 aliphatic heterocycles. The van der Waals surface area contributed by atoms with Gasteiger partial charge in [-0.05, 0) is 10.8 Å². The fourth-order valence-electron chi connectivity index (χ4n) is 3.11. The number of aliphatic carboxylic acids is 3. The Morgan fingerprint density at radius 2 is 0.889 bits per heavy atom. The molecule has 0 atom stereocenters. The van der Waals surface area contributed by atoms with Gasteiger partial charge in [-0.15, -0.1) is 0 Å². The minimum atomic E-state index is -1.37. The first kappa shape index (κ1) is 24.4. The summed E-state index contributed by atoms with van der Waals surface area (Å²) in [5, 5.41) is 26.5. The molecule has 0 unspecified atom stereocenters. The van der Waals surface area contributed by atoms with E-state index in [1.54, 1.807) is 20.8 Å². The van der Waals surface area contributed by atoms with Crippen molar-refractivity contribution >= 4 is 35.3 Å². The summed E-state index contributed by atoms with van der Waals surface area (Å²) in [5.74, 6) is -6.23. The van der Waals surface area contributed by atoms with Gasteiger partial charge < -0.3 is 15.3 Å². The van der Waals surface area contributed by atoms with E-state index in [-0.39, 0.29) is 0 Å². The van der Waals surface area contributed by atoms with Gasteiger partial charge in [0.1, 0.15) is 36.6 Å². The summed E-state index contributed by atoms with van der Waals surface area (Å²) in [6.07, 6.45) is -3.32. The van der Waals surface area contributed by atoms with Gasteiger partial charge in [-0.2, -0.15) is 0 Å². The van der Waals surface area contributed by atoms with E-state index >= 15 is 0 Å². The van der Waals surface area contributed by atoms with Crippen molar-refractivity contribution in [2.75, 3.05) is 0 Å². The molecular weight excluding hydrogens is 360 g/mol. The Balaban J connectivity index is 6.02. The fourth-order valence-corrected chi connectivity index (χ4v) is 3.11. The van der Waals surface area contributed by atoms with Gasteiger partial charge in [-0.3, -0.25) is 28.8 Å². The van der Waals surface area contributed by atoms with Crippen LogP contribution in [0.3, 0.4) is 0 Å². The zero-order valence-electron chi connectivity index (χ0n) is 15.7. The Morgan fingerprint density at radius 1 is 0.630 bits per heavy atom. The zero-order valence-corrected chi connectivity index (χ0v) is 15.7. The standard InChI is InChI=1S/C18H26O9/c1-4-17(2,3)18(8-11(19)5-14(22)23,9-12(20)6-15(24)25)10-13(21)7-16(26)27/h4-10H2,1-3H3,(H,22,23)(H,24,25)(H,26,27). The summed E-state index contributed by atoms with van der Waals surface area (Å²) in [5.41, 5.74) is -2.20. The van der Waals surface area contributed by atoms with Crippen LogP contribution in [-0.2, 0) is 28.8 Å². The highest BCUT2D eigenvalue weighted by atomic mass is 16.4. The van der Waals surface area contributed by atoms with Gasteiger partial charge in [0.25, 0.3) is 0 Å². The second kappa shape index (κ2) is 9.94. The van der Waals surface area contributed by atoms with Gasteiger partial charge in [0.05, 0.1) is 0 Å². The second-order valence-corrected chi connectivity index (χ2v) is 7.38. The van der Waals surface area contributed by atoms with Crippen molar-refractivity contribution in [3.8, 4) is 0 Å². The van der Waals surface area contributed by atoms with Crippen LogP contribution in [0.1, 0.15) is 65.7 Å². The van der Waals surface area contributed by atoms with Crippen molar-refractivity contribution in [3.05, 3.63) is 0 Å². The lowest BCUT2D eigenvalue weighted by atomic mass is 9.57. The van der Waals surface area contributed by atoms with Crippen molar-refractivity contribution in [2.24, 2.45) is 10.8 Å². The molecule has 152 valence electrons. The van der Waals surface area contributed by atoms with Gasteiger partial charge >= 0.3 is 17.9 Å². The summed E-state index contributed by atoms with van der Waals surface area (Å²) < 4.78 is 0. The van der Waals surface area contributed by atoms with Crippen LogP contribution in [0.4, 0.5) is 0 Å². The van der Waals surface area contributed by atoms with E-state index in [1.807, 2.05) is 0 Å². The number of hydrogen-bond donors (Lipinski definition) is 3. The van der Waals surface area contributed by atoms with Crippen LogP contribution >= 0.6 is 0 Å². The Kier molecular flexibility index (Phi) is 8.99. The SMILES string of the molecule is CCC(C)(C)C(CC(=O)CC(=O)O)(CC(=O)CC(=O)O)CC(=O)CC(=O)O. The third kappa shape index (κ3) is 8.10. The molecule has 0 amide bonds. The second-order valence-electron chi connectivity index (χ2n) is 7.38. The van der Waals surface area contributed by atoms with E-state index in [2.05, 4.69) is 0 Å². The fraction of sp³-hybridized carbons (Fsp3) is 0.667. The molecule has 0 saturated carbocycles. The molecular formula is C18H26O9. The molecule has 9 heteroatoms. The Morgan fingerprint density at radius 3 is 1.07 bits per heavy atom. The quantitative estimate of drug-likeness (QED) is 0.377. The Labute approximate surface area is 156 Å². The van der Waals surface area contributed by atoms with Gasteiger partial charge in [-0.25, -0.2) is 0 Å². The molecule has 0 aromatic rings. The summed E-state index contributed by atoms with van der Waals surface area (Å²) in [6, 6.07) is 0. The van der Waals surface area contributed by atoms with Crippen molar-refractivity contribution in [3.63, 3.8) is 0 Å². The third-order valence-corrected chi connectivity index (χ3v) is 4.97. The van der Waals surface area contributed by atoms with E-state index in [9.17, 15) is 28.8 Å². The first-order chi connectivity index (χ1) is 12.2.